The zero-order chi connectivity index (χ0) is 11.1. The van der Waals surface area contributed by atoms with Crippen molar-refractivity contribution in [1.82, 2.24) is 4.90 Å². The second-order valence-corrected chi connectivity index (χ2v) is 4.05. The van der Waals surface area contributed by atoms with Crippen LogP contribution in [0.5, 0.6) is 0 Å². The summed E-state index contributed by atoms with van der Waals surface area (Å²) in [5, 5.41) is 0. The third-order valence-electron chi connectivity index (χ3n) is 2.78. The lowest BCUT2D eigenvalue weighted by Crippen LogP contribution is -2.26. The first-order valence-electron chi connectivity index (χ1n) is 5.59. The van der Waals surface area contributed by atoms with E-state index in [1.165, 1.54) is 20.0 Å². The fourth-order valence-electron chi connectivity index (χ4n) is 1.73. The fourth-order valence-corrected chi connectivity index (χ4v) is 1.73. The molecule has 1 rings (SSSR count). The maximum absolute atomic E-state index is 10.9. The third-order valence-corrected chi connectivity index (χ3v) is 2.78. The van der Waals surface area contributed by atoms with Crippen molar-refractivity contribution in [3.05, 3.63) is 0 Å². The molecule has 1 atom stereocenters. The van der Waals surface area contributed by atoms with Crippen LogP contribution in [-0.2, 0) is 14.3 Å². The first-order chi connectivity index (χ1) is 7.22. The summed E-state index contributed by atoms with van der Waals surface area (Å²) in [7, 11) is 3.45. The molecule has 0 spiro atoms. The van der Waals surface area contributed by atoms with Gasteiger partial charge in [-0.05, 0) is 26.3 Å². The van der Waals surface area contributed by atoms with E-state index in [0.717, 1.165) is 26.1 Å². The van der Waals surface area contributed by atoms with Crippen LogP contribution in [0.4, 0.5) is 0 Å². The summed E-state index contributed by atoms with van der Waals surface area (Å²) in [6.07, 6.45) is 4.35. The van der Waals surface area contributed by atoms with Crippen molar-refractivity contribution in [1.29, 1.82) is 0 Å². The highest BCUT2D eigenvalue weighted by Crippen LogP contribution is 2.15. The maximum Gasteiger partial charge on any atom is 0.306 e. The molecule has 4 heteroatoms. The average Bonchev–Trinajstić information content (AvgIpc) is 2.75. The number of hydrogen-bond acceptors (Lipinski definition) is 4. The largest absolute Gasteiger partial charge is 0.469 e. The third kappa shape index (κ3) is 5.14. The van der Waals surface area contributed by atoms with Gasteiger partial charge in [-0.25, -0.2) is 0 Å². The lowest BCUT2D eigenvalue weighted by molar-refractivity contribution is -0.140. The number of esters is 1. The van der Waals surface area contributed by atoms with Gasteiger partial charge in [-0.3, -0.25) is 4.79 Å². The molecule has 0 aromatic carbocycles. The standard InChI is InChI=1S/C11H21NO3/c1-12(8-6-11(13)14-2)7-5-10-4-3-9-15-10/h10H,3-9H2,1-2H3. The van der Waals surface area contributed by atoms with Gasteiger partial charge in [0.25, 0.3) is 0 Å². The van der Waals surface area contributed by atoms with Crippen molar-refractivity contribution >= 4 is 5.97 Å². The highest BCUT2D eigenvalue weighted by molar-refractivity contribution is 5.69. The normalized spacial score (nSPS) is 20.9. The van der Waals surface area contributed by atoms with Gasteiger partial charge >= 0.3 is 5.97 Å². The smallest absolute Gasteiger partial charge is 0.306 e. The van der Waals surface area contributed by atoms with Gasteiger partial charge in [-0.1, -0.05) is 0 Å². The molecule has 0 bridgehead atoms. The minimum atomic E-state index is -0.140. The van der Waals surface area contributed by atoms with E-state index in [1.807, 2.05) is 7.05 Å². The molecule has 0 N–H and O–H groups in total. The van der Waals surface area contributed by atoms with E-state index in [2.05, 4.69) is 9.64 Å². The van der Waals surface area contributed by atoms with Crippen molar-refractivity contribution in [3.63, 3.8) is 0 Å². The number of carbonyl (C=O) groups excluding carboxylic acids is 1. The SMILES string of the molecule is COC(=O)CCN(C)CCC1CCCO1. The molecular weight excluding hydrogens is 194 g/mol. The quantitative estimate of drug-likeness (QED) is 0.621. The molecule has 1 aliphatic rings. The van der Waals surface area contributed by atoms with Crippen LogP contribution in [0.1, 0.15) is 25.7 Å². The fraction of sp³-hybridized carbons (Fsp3) is 0.909. The monoisotopic (exact) mass is 215 g/mol. The van der Waals surface area contributed by atoms with Crippen molar-refractivity contribution in [2.45, 2.75) is 31.8 Å². The topological polar surface area (TPSA) is 38.8 Å². The number of nitrogens with zero attached hydrogens (tertiary/aromatic N) is 1. The Labute approximate surface area is 91.5 Å². The molecule has 0 aromatic heterocycles. The first-order valence-corrected chi connectivity index (χ1v) is 5.59. The van der Waals surface area contributed by atoms with Crippen LogP contribution in [0.2, 0.25) is 0 Å². The van der Waals surface area contributed by atoms with Crippen LogP contribution in [0.25, 0.3) is 0 Å². The molecule has 0 aliphatic carbocycles. The molecule has 15 heavy (non-hydrogen) atoms. The Morgan fingerprint density at radius 3 is 2.93 bits per heavy atom. The highest BCUT2D eigenvalue weighted by Gasteiger charge is 2.15. The van der Waals surface area contributed by atoms with E-state index in [4.69, 9.17) is 4.74 Å². The van der Waals surface area contributed by atoms with Gasteiger partial charge in [0.15, 0.2) is 0 Å². The Morgan fingerprint density at radius 2 is 2.33 bits per heavy atom. The molecule has 1 fully saturated rings. The molecule has 1 aliphatic heterocycles. The molecule has 88 valence electrons. The summed E-state index contributed by atoms with van der Waals surface area (Å²) in [5.74, 6) is -0.140. The van der Waals surface area contributed by atoms with Gasteiger partial charge in [0.2, 0.25) is 0 Å². The van der Waals surface area contributed by atoms with Crippen LogP contribution < -0.4 is 0 Å². The van der Waals surface area contributed by atoms with E-state index in [0.29, 0.717) is 12.5 Å². The van der Waals surface area contributed by atoms with E-state index in [1.54, 1.807) is 0 Å². The minimum absolute atomic E-state index is 0.140. The Balaban J connectivity index is 2.02. The summed E-state index contributed by atoms with van der Waals surface area (Å²) < 4.78 is 10.1. The van der Waals surface area contributed by atoms with Crippen LogP contribution in [-0.4, -0.2) is 50.8 Å². The van der Waals surface area contributed by atoms with Gasteiger partial charge in [0.05, 0.1) is 19.6 Å². The molecule has 1 saturated heterocycles. The number of ether oxygens (including phenoxy) is 2. The predicted molar refractivity (Wildman–Crippen MR) is 57.7 cm³/mol. The predicted octanol–water partition coefficient (Wildman–Crippen LogP) is 1.05. The molecular formula is C11H21NO3. The zero-order valence-corrected chi connectivity index (χ0v) is 9.70. The molecule has 0 saturated carbocycles. The second kappa shape index (κ2) is 6.80. The van der Waals surface area contributed by atoms with E-state index in [-0.39, 0.29) is 5.97 Å². The van der Waals surface area contributed by atoms with E-state index < -0.39 is 0 Å². The Hall–Kier alpha value is -0.610. The van der Waals surface area contributed by atoms with E-state index in [9.17, 15) is 4.79 Å². The molecule has 0 amide bonds. The number of carbonyl (C=O) groups is 1. The second-order valence-electron chi connectivity index (χ2n) is 4.05. The zero-order valence-electron chi connectivity index (χ0n) is 9.70. The Bertz CT molecular complexity index is 190. The van der Waals surface area contributed by atoms with E-state index >= 15 is 0 Å². The summed E-state index contributed by atoms with van der Waals surface area (Å²) in [5.41, 5.74) is 0. The number of hydrogen-bond donors (Lipinski definition) is 0. The molecule has 0 aromatic rings. The van der Waals surface area contributed by atoms with Crippen molar-refractivity contribution in [2.75, 3.05) is 33.9 Å². The van der Waals surface area contributed by atoms with Gasteiger partial charge in [-0.2, -0.15) is 0 Å². The summed E-state index contributed by atoms with van der Waals surface area (Å²) in [4.78, 5) is 13.1. The number of methoxy groups -OCH3 is 1. The minimum Gasteiger partial charge on any atom is -0.469 e. The van der Waals surface area contributed by atoms with Crippen LogP contribution in [0.15, 0.2) is 0 Å². The summed E-state index contributed by atoms with van der Waals surface area (Å²) in [6.45, 7) is 2.66. The highest BCUT2D eigenvalue weighted by atomic mass is 16.5. The van der Waals surface area contributed by atoms with Gasteiger partial charge in [0, 0.05) is 19.7 Å². The lowest BCUT2D eigenvalue weighted by atomic mass is 10.2. The van der Waals surface area contributed by atoms with Gasteiger partial charge in [0.1, 0.15) is 0 Å². The molecule has 1 heterocycles. The van der Waals surface area contributed by atoms with Gasteiger partial charge in [-0.15, -0.1) is 0 Å². The van der Waals surface area contributed by atoms with Crippen LogP contribution in [0.3, 0.4) is 0 Å². The summed E-state index contributed by atoms with van der Waals surface area (Å²) >= 11 is 0. The van der Waals surface area contributed by atoms with Crippen LogP contribution >= 0.6 is 0 Å². The molecule has 4 nitrogen and oxygen atoms in total. The van der Waals surface area contributed by atoms with Crippen molar-refractivity contribution < 1.29 is 14.3 Å². The lowest BCUT2D eigenvalue weighted by Gasteiger charge is -2.17. The van der Waals surface area contributed by atoms with Crippen LogP contribution in [0, 0.1) is 0 Å². The average molecular weight is 215 g/mol. The Kier molecular flexibility index (Phi) is 5.65. The summed E-state index contributed by atoms with van der Waals surface area (Å²) in [6, 6.07) is 0. The first kappa shape index (κ1) is 12.5. The molecule has 0 radical (unpaired) electrons. The Morgan fingerprint density at radius 1 is 1.53 bits per heavy atom. The number of rotatable bonds is 6. The maximum atomic E-state index is 10.9. The molecule has 1 unspecified atom stereocenters. The van der Waals surface area contributed by atoms with Crippen molar-refractivity contribution in [2.24, 2.45) is 0 Å². The van der Waals surface area contributed by atoms with Crippen molar-refractivity contribution in [3.8, 4) is 0 Å². The van der Waals surface area contributed by atoms with Gasteiger partial charge < -0.3 is 14.4 Å².